The quantitative estimate of drug-likeness (QED) is 0.140. The molecule has 0 fully saturated rings. The molecule has 0 saturated heterocycles. The van der Waals surface area contributed by atoms with Gasteiger partial charge in [0.05, 0.1) is 26.6 Å². The number of non-ortho nitro benzene ring substituents is 1. The van der Waals surface area contributed by atoms with Crippen LogP contribution in [0.25, 0.3) is 0 Å². The summed E-state index contributed by atoms with van der Waals surface area (Å²) in [5, 5.41) is 16.1. The first kappa shape index (κ1) is 25.0. The zero-order chi connectivity index (χ0) is 26.4. The van der Waals surface area contributed by atoms with E-state index in [1.807, 2.05) is 0 Å². The molecule has 0 aliphatic carbocycles. The van der Waals surface area contributed by atoms with E-state index < -0.39 is 20.8 Å². The van der Waals surface area contributed by atoms with Crippen molar-refractivity contribution in [1.29, 1.82) is 0 Å². The van der Waals surface area contributed by atoms with Crippen LogP contribution in [-0.4, -0.2) is 30.2 Å². The Labute approximate surface area is 211 Å². The fraction of sp³-hybridized carbons (Fsp3) is 0. The molecule has 0 spiro atoms. The summed E-state index contributed by atoms with van der Waals surface area (Å²) < 4.78 is 25.6. The number of amidine groups is 1. The topological polar surface area (TPSA) is 170 Å². The predicted octanol–water partition coefficient (Wildman–Crippen LogP) is 4.50. The summed E-state index contributed by atoms with van der Waals surface area (Å²) in [5.41, 5.74) is 7.88. The van der Waals surface area contributed by atoms with Crippen LogP contribution in [0.15, 0.2) is 112 Å². The summed E-state index contributed by atoms with van der Waals surface area (Å²) >= 11 is 0. The molecule has 2 amide bonds. The predicted molar refractivity (Wildman–Crippen MR) is 139 cm³/mol. The van der Waals surface area contributed by atoms with Gasteiger partial charge in [-0.05, 0) is 60.7 Å². The Balaban J connectivity index is 1.42. The largest absolute Gasteiger partial charge is 0.383 e. The van der Waals surface area contributed by atoms with Crippen molar-refractivity contribution in [2.24, 2.45) is 10.7 Å². The van der Waals surface area contributed by atoms with Crippen molar-refractivity contribution in [3.8, 4) is 0 Å². The fourth-order valence-corrected chi connectivity index (χ4v) is 4.53. The molecule has 0 aliphatic rings. The molecule has 1 aromatic heterocycles. The lowest BCUT2D eigenvalue weighted by atomic mass is 10.2. The Kier molecular flexibility index (Phi) is 7.21. The van der Waals surface area contributed by atoms with Crippen molar-refractivity contribution in [3.05, 3.63) is 113 Å². The molecule has 0 unspecified atom stereocenters. The highest BCUT2D eigenvalue weighted by Crippen LogP contribution is 2.24. The van der Waals surface area contributed by atoms with Crippen LogP contribution in [0.4, 0.5) is 27.5 Å². The number of nitro benzene ring substituents is 1. The maximum atomic E-state index is 12.8. The lowest BCUT2D eigenvalue weighted by molar-refractivity contribution is -0.384. The van der Waals surface area contributed by atoms with Crippen LogP contribution < -0.4 is 16.4 Å². The highest BCUT2D eigenvalue weighted by atomic mass is 32.2. The number of benzene rings is 3. The van der Waals surface area contributed by atoms with Crippen LogP contribution >= 0.6 is 0 Å². The Morgan fingerprint density at radius 1 is 0.892 bits per heavy atom. The molecule has 4 aromatic rings. The number of urea groups is 1. The van der Waals surface area contributed by atoms with Crippen LogP contribution in [0.1, 0.15) is 5.56 Å². The third-order valence-corrected chi connectivity index (χ3v) is 6.88. The number of pyridine rings is 1. The van der Waals surface area contributed by atoms with E-state index in [4.69, 9.17) is 5.73 Å². The number of nitrogens with two attached hydrogens (primary N) is 1. The molecule has 3 aromatic carbocycles. The zero-order valence-corrected chi connectivity index (χ0v) is 19.9. The lowest BCUT2D eigenvalue weighted by Crippen LogP contribution is -2.20. The standard InChI is InChI=1S/C25H20N6O5S/c26-24(28-20-5-2-14-27-16-20)17-3-1-4-19(15-17)30-25(32)29-18-6-10-22(11-7-18)37(35,36)23-12-8-21(9-13-23)31(33)34/h1-16H,(H2,26,28)(H2,29,30,32). The van der Waals surface area contributed by atoms with Crippen LogP contribution in [0, 0.1) is 10.1 Å². The molecule has 37 heavy (non-hydrogen) atoms. The first-order valence-electron chi connectivity index (χ1n) is 10.7. The second-order valence-corrected chi connectivity index (χ2v) is 9.60. The van der Waals surface area contributed by atoms with E-state index in [2.05, 4.69) is 20.6 Å². The van der Waals surface area contributed by atoms with Crippen LogP contribution in [0.2, 0.25) is 0 Å². The molecule has 0 saturated carbocycles. The molecule has 0 aliphatic heterocycles. The lowest BCUT2D eigenvalue weighted by Gasteiger charge is -2.10. The molecule has 4 N–H and O–H groups in total. The number of anilines is 2. The monoisotopic (exact) mass is 516 g/mol. The minimum atomic E-state index is -3.89. The summed E-state index contributed by atoms with van der Waals surface area (Å²) in [4.78, 5) is 30.8. The van der Waals surface area contributed by atoms with E-state index in [0.29, 0.717) is 22.6 Å². The van der Waals surface area contributed by atoms with Crippen LogP contribution in [0.5, 0.6) is 0 Å². The first-order chi connectivity index (χ1) is 17.7. The molecule has 0 bridgehead atoms. The number of aliphatic imine (C=N–C) groups is 1. The van der Waals surface area contributed by atoms with Gasteiger partial charge in [0.2, 0.25) is 9.84 Å². The van der Waals surface area contributed by atoms with Crippen LogP contribution in [-0.2, 0) is 9.84 Å². The molecule has 0 radical (unpaired) electrons. The number of nitrogens with zero attached hydrogens (tertiary/aromatic N) is 3. The SMILES string of the molecule is NC(=Nc1cccnc1)c1cccc(NC(=O)Nc2ccc(S(=O)(=O)c3ccc([N+](=O)[O-])cc3)cc2)c1. The summed E-state index contributed by atoms with van der Waals surface area (Å²) in [6.07, 6.45) is 3.20. The highest BCUT2D eigenvalue weighted by molar-refractivity contribution is 7.91. The number of hydrogen-bond acceptors (Lipinski definition) is 7. The van der Waals surface area contributed by atoms with Gasteiger partial charge in [-0.1, -0.05) is 12.1 Å². The van der Waals surface area contributed by atoms with Gasteiger partial charge in [0.1, 0.15) is 5.84 Å². The number of hydrogen-bond donors (Lipinski definition) is 3. The number of carbonyl (C=O) groups excluding carboxylic acids is 1. The number of nitrogens with one attached hydrogen (secondary N) is 2. The molecular weight excluding hydrogens is 496 g/mol. The number of amides is 2. The maximum absolute atomic E-state index is 12.8. The number of nitro groups is 1. The molecule has 11 nitrogen and oxygen atoms in total. The van der Waals surface area contributed by atoms with E-state index in [9.17, 15) is 23.3 Å². The van der Waals surface area contributed by atoms with E-state index in [1.165, 1.54) is 36.4 Å². The van der Waals surface area contributed by atoms with Crippen molar-refractivity contribution in [2.45, 2.75) is 9.79 Å². The Morgan fingerprint density at radius 3 is 2.16 bits per heavy atom. The normalized spacial score (nSPS) is 11.5. The van der Waals surface area contributed by atoms with Crippen molar-refractivity contribution in [1.82, 2.24) is 4.98 Å². The van der Waals surface area contributed by atoms with Gasteiger partial charge in [-0.3, -0.25) is 15.1 Å². The second kappa shape index (κ2) is 10.7. The first-order valence-corrected chi connectivity index (χ1v) is 12.2. The Hall–Kier alpha value is -5.10. The second-order valence-electron chi connectivity index (χ2n) is 7.65. The van der Waals surface area contributed by atoms with Gasteiger partial charge in [-0.15, -0.1) is 0 Å². The van der Waals surface area contributed by atoms with E-state index in [0.717, 1.165) is 12.1 Å². The molecule has 4 rings (SSSR count). The summed E-state index contributed by atoms with van der Waals surface area (Å²) in [6.45, 7) is 0. The Bertz CT molecular complexity index is 1570. The average molecular weight is 517 g/mol. The molecular formula is C25H20N6O5S. The van der Waals surface area contributed by atoms with Gasteiger partial charge in [0.25, 0.3) is 5.69 Å². The molecule has 12 heteroatoms. The average Bonchev–Trinajstić information content (AvgIpc) is 2.89. The number of rotatable bonds is 7. The molecule has 0 atom stereocenters. The van der Waals surface area contributed by atoms with Gasteiger partial charge in [0, 0.05) is 35.3 Å². The van der Waals surface area contributed by atoms with Crippen LogP contribution in [0.3, 0.4) is 0 Å². The summed E-state index contributed by atoms with van der Waals surface area (Å²) in [7, 11) is -3.89. The van der Waals surface area contributed by atoms with Gasteiger partial charge < -0.3 is 16.4 Å². The third-order valence-electron chi connectivity index (χ3n) is 5.09. The zero-order valence-electron chi connectivity index (χ0n) is 19.1. The van der Waals surface area contributed by atoms with Gasteiger partial charge >= 0.3 is 6.03 Å². The van der Waals surface area contributed by atoms with E-state index >= 15 is 0 Å². The van der Waals surface area contributed by atoms with Crippen molar-refractivity contribution >= 4 is 44.5 Å². The van der Waals surface area contributed by atoms with Gasteiger partial charge in [0.15, 0.2) is 0 Å². The van der Waals surface area contributed by atoms with Gasteiger partial charge in [-0.25, -0.2) is 18.2 Å². The van der Waals surface area contributed by atoms with Crippen molar-refractivity contribution in [2.75, 3.05) is 10.6 Å². The van der Waals surface area contributed by atoms with Gasteiger partial charge in [-0.2, -0.15) is 0 Å². The van der Waals surface area contributed by atoms with Crippen molar-refractivity contribution in [3.63, 3.8) is 0 Å². The number of aromatic nitrogens is 1. The number of carbonyl (C=O) groups is 1. The van der Waals surface area contributed by atoms with E-state index in [1.54, 1.807) is 48.8 Å². The summed E-state index contributed by atoms with van der Waals surface area (Å²) in [6, 6.07) is 19.9. The summed E-state index contributed by atoms with van der Waals surface area (Å²) in [5.74, 6) is 0.252. The van der Waals surface area contributed by atoms with Crippen molar-refractivity contribution < 1.29 is 18.1 Å². The Morgan fingerprint density at radius 2 is 1.54 bits per heavy atom. The third kappa shape index (κ3) is 6.13. The van der Waals surface area contributed by atoms with E-state index in [-0.39, 0.29) is 21.3 Å². The highest BCUT2D eigenvalue weighted by Gasteiger charge is 2.19. The number of sulfone groups is 1. The smallest absolute Gasteiger partial charge is 0.323 e. The fourth-order valence-electron chi connectivity index (χ4n) is 3.27. The molecule has 1 heterocycles. The minimum absolute atomic E-state index is 0.0246. The minimum Gasteiger partial charge on any atom is -0.383 e. The molecule has 186 valence electrons. The maximum Gasteiger partial charge on any atom is 0.323 e.